The van der Waals surface area contributed by atoms with Crippen LogP contribution in [-0.4, -0.2) is 20.9 Å². The molecule has 5 heteroatoms. The average Bonchev–Trinajstić information content (AvgIpc) is 2.29. The number of carboxylic acids is 1. The summed E-state index contributed by atoms with van der Waals surface area (Å²) in [4.78, 5) is 22.0. The van der Waals surface area contributed by atoms with Gasteiger partial charge in [-0.15, -0.1) is 0 Å². The largest absolute Gasteiger partial charge is 0.481 e. The minimum atomic E-state index is -0.908. The zero-order chi connectivity index (χ0) is 10.9. The maximum atomic E-state index is 11.0. The number of aliphatic carboxylic acids is 1. The molecule has 0 bridgehead atoms. The topological polar surface area (TPSA) is 75.1 Å². The Kier molecular flexibility index (Phi) is 2.78. The third-order valence-electron chi connectivity index (χ3n) is 2.20. The van der Waals surface area contributed by atoms with E-state index in [-0.39, 0.29) is 11.5 Å². The highest BCUT2D eigenvalue weighted by atomic mass is 16.4. The fourth-order valence-corrected chi connectivity index (χ4v) is 1.54. The van der Waals surface area contributed by atoms with E-state index in [1.54, 1.807) is 7.05 Å². The summed E-state index contributed by atoms with van der Waals surface area (Å²) < 4.78 is 1.46. The van der Waals surface area contributed by atoms with E-state index in [2.05, 4.69) is 5.10 Å². The van der Waals surface area contributed by atoms with Gasteiger partial charge in [-0.3, -0.25) is 19.4 Å². The Hall–Kier alpha value is -1.52. The van der Waals surface area contributed by atoms with Crippen LogP contribution >= 0.6 is 0 Å². The number of aromatic nitrogens is 2. The molecule has 0 amide bonds. The summed E-state index contributed by atoms with van der Waals surface area (Å²) in [6.07, 6.45) is 0. The lowest BCUT2D eigenvalue weighted by atomic mass is 9.93. The molecule has 2 N–H and O–H groups in total. The summed E-state index contributed by atoms with van der Waals surface area (Å²) >= 11 is 0. The standard InChI is InChI=1S/C9H14N2O3/c1-5(2)8(9(13)14)6-4-7(12)10-11(6)3/h4-5,8H,1-3H3,(H,10,12)(H,13,14). The van der Waals surface area contributed by atoms with Crippen molar-refractivity contribution in [3.05, 3.63) is 22.1 Å². The molecule has 0 aliphatic rings. The fourth-order valence-electron chi connectivity index (χ4n) is 1.54. The van der Waals surface area contributed by atoms with Gasteiger partial charge in [0.2, 0.25) is 0 Å². The number of hydrogen-bond donors (Lipinski definition) is 2. The zero-order valence-electron chi connectivity index (χ0n) is 8.44. The van der Waals surface area contributed by atoms with Gasteiger partial charge in [0.1, 0.15) is 5.92 Å². The second-order valence-electron chi connectivity index (χ2n) is 3.66. The van der Waals surface area contributed by atoms with E-state index in [0.717, 1.165) is 0 Å². The van der Waals surface area contributed by atoms with Crippen LogP contribution in [0.2, 0.25) is 0 Å². The van der Waals surface area contributed by atoms with E-state index < -0.39 is 11.9 Å². The first-order valence-corrected chi connectivity index (χ1v) is 4.42. The molecule has 78 valence electrons. The van der Waals surface area contributed by atoms with Gasteiger partial charge in [-0.1, -0.05) is 13.8 Å². The number of nitrogens with one attached hydrogen (secondary N) is 1. The van der Waals surface area contributed by atoms with E-state index in [1.165, 1.54) is 10.7 Å². The number of carboxylic acid groups (broad SMARTS) is 1. The molecule has 1 heterocycles. The molecule has 1 atom stereocenters. The second-order valence-corrected chi connectivity index (χ2v) is 3.66. The third-order valence-corrected chi connectivity index (χ3v) is 2.20. The molecule has 0 saturated carbocycles. The van der Waals surface area contributed by atoms with Crippen molar-refractivity contribution in [2.75, 3.05) is 0 Å². The van der Waals surface area contributed by atoms with Crippen molar-refractivity contribution < 1.29 is 9.90 Å². The summed E-state index contributed by atoms with van der Waals surface area (Å²) in [5.41, 5.74) is 0.243. The van der Waals surface area contributed by atoms with Crippen molar-refractivity contribution in [3.8, 4) is 0 Å². The Morgan fingerprint density at radius 3 is 2.43 bits per heavy atom. The second kappa shape index (κ2) is 3.69. The number of hydrogen-bond acceptors (Lipinski definition) is 2. The highest BCUT2D eigenvalue weighted by Crippen LogP contribution is 2.22. The lowest BCUT2D eigenvalue weighted by molar-refractivity contribution is -0.140. The number of aromatic amines is 1. The average molecular weight is 198 g/mol. The van der Waals surface area contributed by atoms with Crippen LogP contribution in [0, 0.1) is 5.92 Å². The van der Waals surface area contributed by atoms with E-state index in [9.17, 15) is 9.59 Å². The first-order valence-electron chi connectivity index (χ1n) is 4.42. The summed E-state index contributed by atoms with van der Waals surface area (Å²) in [6, 6.07) is 1.33. The Bertz CT molecular complexity index is 389. The summed E-state index contributed by atoms with van der Waals surface area (Å²) in [6.45, 7) is 3.63. The molecular weight excluding hydrogens is 184 g/mol. The molecule has 14 heavy (non-hydrogen) atoms. The van der Waals surface area contributed by atoms with Crippen molar-refractivity contribution in [2.45, 2.75) is 19.8 Å². The maximum absolute atomic E-state index is 11.0. The van der Waals surface area contributed by atoms with Crippen molar-refractivity contribution in [1.29, 1.82) is 0 Å². The summed E-state index contributed by atoms with van der Waals surface area (Å²) in [5.74, 6) is -1.59. The highest BCUT2D eigenvalue weighted by Gasteiger charge is 2.26. The van der Waals surface area contributed by atoms with Gasteiger partial charge in [0, 0.05) is 13.1 Å². The molecule has 0 radical (unpaired) electrons. The van der Waals surface area contributed by atoms with Crippen molar-refractivity contribution in [3.63, 3.8) is 0 Å². The molecule has 0 spiro atoms. The monoisotopic (exact) mass is 198 g/mol. The first kappa shape index (κ1) is 10.6. The van der Waals surface area contributed by atoms with Crippen molar-refractivity contribution >= 4 is 5.97 Å². The SMILES string of the molecule is CC(C)C(C(=O)O)c1cc(=O)[nH]n1C. The quantitative estimate of drug-likeness (QED) is 0.744. The number of nitrogens with zero attached hydrogens (tertiary/aromatic N) is 1. The summed E-state index contributed by atoms with van der Waals surface area (Å²) in [7, 11) is 1.63. The molecule has 1 rings (SSSR count). The van der Waals surface area contributed by atoms with Gasteiger partial charge in [-0.25, -0.2) is 0 Å². The number of H-pyrrole nitrogens is 1. The van der Waals surface area contributed by atoms with E-state index >= 15 is 0 Å². The fraction of sp³-hybridized carbons (Fsp3) is 0.556. The lowest BCUT2D eigenvalue weighted by Gasteiger charge is -2.16. The molecular formula is C9H14N2O3. The summed E-state index contributed by atoms with van der Waals surface area (Å²) in [5, 5.41) is 11.5. The molecule has 0 aliphatic heterocycles. The van der Waals surface area contributed by atoms with E-state index in [4.69, 9.17) is 5.11 Å². The zero-order valence-corrected chi connectivity index (χ0v) is 8.44. The Labute approximate surface area is 81.3 Å². The molecule has 0 aliphatic carbocycles. The van der Waals surface area contributed by atoms with E-state index in [0.29, 0.717) is 5.69 Å². The molecule has 1 unspecified atom stereocenters. The van der Waals surface area contributed by atoms with Crippen LogP contribution in [0.5, 0.6) is 0 Å². The Balaban J connectivity index is 3.17. The Morgan fingerprint density at radius 2 is 2.14 bits per heavy atom. The van der Waals surface area contributed by atoms with Crippen LogP contribution in [-0.2, 0) is 11.8 Å². The van der Waals surface area contributed by atoms with Crippen LogP contribution in [0.15, 0.2) is 10.9 Å². The van der Waals surface area contributed by atoms with E-state index in [1.807, 2.05) is 13.8 Å². The predicted octanol–water partition coefficient (Wildman–Crippen LogP) is 0.538. The van der Waals surface area contributed by atoms with Gasteiger partial charge in [0.05, 0.1) is 5.69 Å². The first-order chi connectivity index (χ1) is 6.43. The van der Waals surface area contributed by atoms with Gasteiger partial charge in [0.15, 0.2) is 0 Å². The number of carbonyl (C=O) groups is 1. The lowest BCUT2D eigenvalue weighted by Crippen LogP contribution is -2.20. The molecule has 5 nitrogen and oxygen atoms in total. The minimum absolute atomic E-state index is 0.0473. The minimum Gasteiger partial charge on any atom is -0.481 e. The van der Waals surface area contributed by atoms with Gasteiger partial charge in [-0.2, -0.15) is 0 Å². The van der Waals surface area contributed by atoms with Crippen molar-refractivity contribution in [1.82, 2.24) is 9.78 Å². The van der Waals surface area contributed by atoms with Gasteiger partial charge in [-0.05, 0) is 5.92 Å². The molecule has 0 aromatic carbocycles. The van der Waals surface area contributed by atoms with Gasteiger partial charge >= 0.3 is 5.97 Å². The number of rotatable bonds is 3. The van der Waals surface area contributed by atoms with Gasteiger partial charge < -0.3 is 5.11 Å². The van der Waals surface area contributed by atoms with Crippen LogP contribution in [0.3, 0.4) is 0 Å². The van der Waals surface area contributed by atoms with Crippen LogP contribution in [0.25, 0.3) is 0 Å². The molecule has 1 aromatic rings. The third kappa shape index (κ3) is 1.86. The predicted molar refractivity (Wildman–Crippen MR) is 51.2 cm³/mol. The molecule has 0 saturated heterocycles. The molecule has 0 fully saturated rings. The van der Waals surface area contributed by atoms with Crippen LogP contribution < -0.4 is 5.56 Å². The van der Waals surface area contributed by atoms with Crippen LogP contribution in [0.4, 0.5) is 0 Å². The highest BCUT2D eigenvalue weighted by molar-refractivity contribution is 5.75. The van der Waals surface area contributed by atoms with Crippen LogP contribution in [0.1, 0.15) is 25.5 Å². The Morgan fingerprint density at radius 1 is 1.57 bits per heavy atom. The molecule has 1 aromatic heterocycles. The maximum Gasteiger partial charge on any atom is 0.312 e. The normalized spacial score (nSPS) is 13.1. The smallest absolute Gasteiger partial charge is 0.312 e. The van der Waals surface area contributed by atoms with Crippen molar-refractivity contribution in [2.24, 2.45) is 13.0 Å². The van der Waals surface area contributed by atoms with Gasteiger partial charge in [0.25, 0.3) is 5.56 Å². The number of aryl methyl sites for hydroxylation is 1.